The molecule has 4 nitrogen and oxygen atoms in total. The fraction of sp³-hybridized carbons (Fsp3) is 0.923. The number of hydrogen-bond donors (Lipinski definition) is 2. The van der Waals surface area contributed by atoms with E-state index in [1.807, 2.05) is 0 Å². The van der Waals surface area contributed by atoms with Crippen molar-refractivity contribution in [3.8, 4) is 0 Å². The third-order valence-electron chi connectivity index (χ3n) is 4.42. The summed E-state index contributed by atoms with van der Waals surface area (Å²) in [5, 5.41) is 6.46. The standard InChI is InChI=1S/C13H23N3O/c17-13(15-8-10-3-4-10)9-14-11-5-7-16-6-1-2-12(11)16/h10-12,14H,1-9H2,(H,15,17). The molecule has 2 saturated heterocycles. The minimum absolute atomic E-state index is 0.174. The van der Waals surface area contributed by atoms with E-state index in [2.05, 4.69) is 15.5 Å². The fourth-order valence-corrected chi connectivity index (χ4v) is 3.19. The van der Waals surface area contributed by atoms with Gasteiger partial charge in [0.05, 0.1) is 6.54 Å². The second-order valence-corrected chi connectivity index (χ2v) is 5.77. The highest BCUT2D eigenvalue weighted by molar-refractivity contribution is 5.78. The van der Waals surface area contributed by atoms with Crippen LogP contribution in [0.5, 0.6) is 0 Å². The molecule has 4 heteroatoms. The lowest BCUT2D eigenvalue weighted by Gasteiger charge is -2.21. The highest BCUT2D eigenvalue weighted by atomic mass is 16.1. The van der Waals surface area contributed by atoms with Crippen LogP contribution in [0.4, 0.5) is 0 Å². The molecule has 0 aromatic carbocycles. The van der Waals surface area contributed by atoms with Crippen molar-refractivity contribution in [3.05, 3.63) is 0 Å². The van der Waals surface area contributed by atoms with Gasteiger partial charge >= 0.3 is 0 Å². The van der Waals surface area contributed by atoms with Gasteiger partial charge in [0, 0.05) is 25.2 Å². The van der Waals surface area contributed by atoms with E-state index < -0.39 is 0 Å². The van der Waals surface area contributed by atoms with Crippen LogP contribution in [-0.4, -0.2) is 49.1 Å². The maximum atomic E-state index is 11.6. The van der Waals surface area contributed by atoms with Crippen LogP contribution in [0, 0.1) is 5.92 Å². The minimum Gasteiger partial charge on any atom is -0.355 e. The van der Waals surface area contributed by atoms with E-state index in [1.54, 1.807) is 0 Å². The van der Waals surface area contributed by atoms with Crippen LogP contribution in [0.1, 0.15) is 32.1 Å². The van der Waals surface area contributed by atoms with Crippen LogP contribution in [0.25, 0.3) is 0 Å². The fourth-order valence-electron chi connectivity index (χ4n) is 3.19. The smallest absolute Gasteiger partial charge is 0.233 e. The van der Waals surface area contributed by atoms with Crippen LogP contribution in [0.2, 0.25) is 0 Å². The van der Waals surface area contributed by atoms with Crippen LogP contribution < -0.4 is 10.6 Å². The molecular formula is C13H23N3O. The first-order valence-electron chi connectivity index (χ1n) is 7.07. The Morgan fingerprint density at radius 3 is 2.88 bits per heavy atom. The normalized spacial score (nSPS) is 32.7. The lowest BCUT2D eigenvalue weighted by atomic mass is 10.1. The van der Waals surface area contributed by atoms with E-state index in [9.17, 15) is 4.79 Å². The Morgan fingerprint density at radius 2 is 2.06 bits per heavy atom. The Bertz CT molecular complexity index is 290. The van der Waals surface area contributed by atoms with E-state index in [0.29, 0.717) is 18.6 Å². The molecule has 2 aliphatic heterocycles. The van der Waals surface area contributed by atoms with Gasteiger partial charge < -0.3 is 10.6 Å². The van der Waals surface area contributed by atoms with Crippen molar-refractivity contribution in [1.29, 1.82) is 0 Å². The van der Waals surface area contributed by atoms with Crippen molar-refractivity contribution in [3.63, 3.8) is 0 Å². The zero-order valence-corrected chi connectivity index (χ0v) is 10.5. The summed E-state index contributed by atoms with van der Waals surface area (Å²) < 4.78 is 0. The number of carbonyl (C=O) groups excluding carboxylic acids is 1. The number of fused-ring (bicyclic) bond motifs is 1. The molecule has 3 aliphatic rings. The molecule has 0 bridgehead atoms. The summed E-state index contributed by atoms with van der Waals surface area (Å²) in [6, 6.07) is 1.25. The average Bonchev–Trinajstić information content (AvgIpc) is 2.89. The van der Waals surface area contributed by atoms with Gasteiger partial charge in [0.15, 0.2) is 0 Å². The van der Waals surface area contributed by atoms with Gasteiger partial charge in [0.25, 0.3) is 0 Å². The summed E-state index contributed by atoms with van der Waals surface area (Å²) in [7, 11) is 0. The molecule has 17 heavy (non-hydrogen) atoms. The first kappa shape index (κ1) is 11.5. The number of amides is 1. The Labute approximate surface area is 103 Å². The summed E-state index contributed by atoms with van der Waals surface area (Å²) in [6.07, 6.45) is 6.44. The molecule has 3 rings (SSSR count). The molecule has 2 heterocycles. The maximum Gasteiger partial charge on any atom is 0.233 e. The van der Waals surface area contributed by atoms with Crippen molar-refractivity contribution < 1.29 is 4.79 Å². The average molecular weight is 237 g/mol. The summed E-state index contributed by atoms with van der Waals surface area (Å²) >= 11 is 0. The third-order valence-corrected chi connectivity index (χ3v) is 4.42. The van der Waals surface area contributed by atoms with Gasteiger partial charge in [-0.15, -0.1) is 0 Å². The lowest BCUT2D eigenvalue weighted by molar-refractivity contribution is -0.120. The summed E-state index contributed by atoms with van der Waals surface area (Å²) in [5.41, 5.74) is 0. The zero-order chi connectivity index (χ0) is 11.7. The second-order valence-electron chi connectivity index (χ2n) is 5.77. The molecule has 1 amide bonds. The number of carbonyl (C=O) groups is 1. The molecule has 3 fully saturated rings. The van der Waals surface area contributed by atoms with Gasteiger partial charge in [-0.25, -0.2) is 0 Å². The van der Waals surface area contributed by atoms with Crippen LogP contribution in [0.3, 0.4) is 0 Å². The molecule has 1 aliphatic carbocycles. The Balaban J connectivity index is 1.36. The van der Waals surface area contributed by atoms with Crippen LogP contribution in [0.15, 0.2) is 0 Å². The van der Waals surface area contributed by atoms with E-state index in [4.69, 9.17) is 0 Å². The maximum absolute atomic E-state index is 11.6. The van der Waals surface area contributed by atoms with Gasteiger partial charge in [0.2, 0.25) is 5.91 Å². The van der Waals surface area contributed by atoms with Gasteiger partial charge in [-0.05, 0) is 44.6 Å². The van der Waals surface area contributed by atoms with E-state index in [1.165, 1.54) is 45.2 Å². The highest BCUT2D eigenvalue weighted by Gasteiger charge is 2.36. The monoisotopic (exact) mass is 237 g/mol. The van der Waals surface area contributed by atoms with Crippen molar-refractivity contribution in [2.24, 2.45) is 5.92 Å². The molecule has 1 saturated carbocycles. The minimum atomic E-state index is 0.174. The summed E-state index contributed by atoms with van der Waals surface area (Å²) in [4.78, 5) is 14.2. The second kappa shape index (κ2) is 4.94. The van der Waals surface area contributed by atoms with Crippen LogP contribution in [-0.2, 0) is 4.79 Å². The Hall–Kier alpha value is -0.610. The van der Waals surface area contributed by atoms with Gasteiger partial charge in [-0.1, -0.05) is 0 Å². The number of rotatable bonds is 5. The molecule has 0 aromatic heterocycles. The molecule has 96 valence electrons. The molecule has 0 radical (unpaired) electrons. The topological polar surface area (TPSA) is 44.4 Å². The van der Waals surface area contributed by atoms with Crippen molar-refractivity contribution in [2.75, 3.05) is 26.2 Å². The summed E-state index contributed by atoms with van der Waals surface area (Å²) in [5.74, 6) is 0.948. The van der Waals surface area contributed by atoms with Crippen molar-refractivity contribution in [1.82, 2.24) is 15.5 Å². The Morgan fingerprint density at radius 1 is 1.18 bits per heavy atom. The molecule has 0 spiro atoms. The molecule has 2 N–H and O–H groups in total. The van der Waals surface area contributed by atoms with Gasteiger partial charge in [0.1, 0.15) is 0 Å². The Kier molecular flexibility index (Phi) is 3.34. The number of nitrogens with one attached hydrogen (secondary N) is 2. The zero-order valence-electron chi connectivity index (χ0n) is 10.5. The summed E-state index contributed by atoms with van der Waals surface area (Å²) in [6.45, 7) is 3.87. The van der Waals surface area contributed by atoms with E-state index in [0.717, 1.165) is 12.5 Å². The van der Waals surface area contributed by atoms with E-state index in [-0.39, 0.29) is 5.91 Å². The molecule has 0 aromatic rings. The predicted molar refractivity (Wildman–Crippen MR) is 66.7 cm³/mol. The highest BCUT2D eigenvalue weighted by Crippen LogP contribution is 2.28. The lowest BCUT2D eigenvalue weighted by Crippen LogP contribution is -2.44. The quantitative estimate of drug-likeness (QED) is 0.725. The third kappa shape index (κ3) is 2.80. The number of hydrogen-bond acceptors (Lipinski definition) is 3. The molecule has 2 unspecified atom stereocenters. The van der Waals surface area contributed by atoms with Gasteiger partial charge in [-0.3, -0.25) is 9.69 Å². The predicted octanol–water partition coefficient (Wildman–Crippen LogP) is 0.339. The van der Waals surface area contributed by atoms with Crippen molar-refractivity contribution >= 4 is 5.91 Å². The van der Waals surface area contributed by atoms with Crippen LogP contribution >= 0.6 is 0 Å². The molecule has 2 atom stereocenters. The largest absolute Gasteiger partial charge is 0.355 e. The molecular weight excluding hydrogens is 214 g/mol. The SMILES string of the molecule is O=C(CNC1CCN2CCCC12)NCC1CC1. The first-order chi connectivity index (χ1) is 8.33. The first-order valence-corrected chi connectivity index (χ1v) is 7.07. The van der Waals surface area contributed by atoms with Gasteiger partial charge in [-0.2, -0.15) is 0 Å². The van der Waals surface area contributed by atoms with Crippen molar-refractivity contribution in [2.45, 2.75) is 44.2 Å². The van der Waals surface area contributed by atoms with E-state index >= 15 is 0 Å². The number of nitrogens with zero attached hydrogens (tertiary/aromatic N) is 1.